The number of hydrogen-bond acceptors (Lipinski definition) is 3. The van der Waals surface area contributed by atoms with E-state index in [4.69, 9.17) is 0 Å². The molecule has 2 nitrogen and oxygen atoms in total. The summed E-state index contributed by atoms with van der Waals surface area (Å²) in [6.07, 6.45) is 3.81. The van der Waals surface area contributed by atoms with Crippen LogP contribution in [0.25, 0.3) is 31.2 Å². The van der Waals surface area contributed by atoms with E-state index in [1.165, 1.54) is 32.0 Å². The Balaban J connectivity index is 0.000000155. The summed E-state index contributed by atoms with van der Waals surface area (Å²) in [5.74, 6) is 0. The molecule has 0 amide bonds. The maximum Gasteiger partial charge on any atom is 0.124 e. The van der Waals surface area contributed by atoms with Crippen LogP contribution in [0.4, 0.5) is 0 Å². The van der Waals surface area contributed by atoms with Crippen LogP contribution in [0.5, 0.6) is 0 Å². The molecule has 0 aliphatic carbocycles. The average Bonchev–Trinajstić information content (AvgIpc) is 3.11. The van der Waals surface area contributed by atoms with Gasteiger partial charge in [-0.05, 0) is 58.4 Å². The van der Waals surface area contributed by atoms with Crippen LogP contribution in [0, 0.1) is 0 Å². The number of hydrogen-bond donors (Lipinski definition) is 0. The molecular formula is C28H29BrN2S. The van der Waals surface area contributed by atoms with Crippen molar-refractivity contribution < 1.29 is 0 Å². The minimum absolute atomic E-state index is 0.155. The highest BCUT2D eigenvalue weighted by Gasteiger charge is 2.20. The van der Waals surface area contributed by atoms with Gasteiger partial charge >= 0.3 is 0 Å². The molecule has 5 aromatic rings. The monoisotopic (exact) mass is 504 g/mol. The third-order valence-corrected chi connectivity index (χ3v) is 7.17. The Morgan fingerprint density at radius 2 is 1.38 bits per heavy atom. The van der Waals surface area contributed by atoms with Gasteiger partial charge in [-0.25, -0.2) is 4.98 Å². The molecule has 0 aliphatic heterocycles. The van der Waals surface area contributed by atoms with Gasteiger partial charge in [-0.15, -0.1) is 11.3 Å². The highest BCUT2D eigenvalue weighted by atomic mass is 79.9. The van der Waals surface area contributed by atoms with Crippen molar-refractivity contribution in [3.05, 3.63) is 82.6 Å². The van der Waals surface area contributed by atoms with Crippen molar-refractivity contribution in [2.75, 3.05) is 0 Å². The van der Waals surface area contributed by atoms with Crippen molar-refractivity contribution in [1.82, 2.24) is 9.97 Å². The normalized spacial score (nSPS) is 12.2. The molecule has 0 saturated carbocycles. The molecule has 2 aromatic carbocycles. The molecule has 0 fully saturated rings. The summed E-state index contributed by atoms with van der Waals surface area (Å²) < 4.78 is 2.43. The van der Waals surface area contributed by atoms with Gasteiger partial charge in [0.2, 0.25) is 0 Å². The second kappa shape index (κ2) is 8.57. The molecule has 0 unspecified atom stereocenters. The zero-order chi connectivity index (χ0) is 23.1. The first-order chi connectivity index (χ1) is 15.1. The molecule has 3 aromatic heterocycles. The van der Waals surface area contributed by atoms with Gasteiger partial charge in [-0.2, -0.15) is 0 Å². The van der Waals surface area contributed by atoms with E-state index >= 15 is 0 Å². The summed E-state index contributed by atoms with van der Waals surface area (Å²) in [6, 6.07) is 19.1. The highest BCUT2D eigenvalue weighted by Crippen LogP contribution is 2.38. The van der Waals surface area contributed by atoms with E-state index < -0.39 is 0 Å². The molecule has 164 valence electrons. The van der Waals surface area contributed by atoms with E-state index in [1.54, 1.807) is 11.3 Å². The summed E-state index contributed by atoms with van der Waals surface area (Å²) in [5, 5.41) is 3.91. The second-order valence-corrected chi connectivity index (χ2v) is 12.1. The summed E-state index contributed by atoms with van der Waals surface area (Å²) in [6.45, 7) is 13.4. The van der Waals surface area contributed by atoms with Crippen LogP contribution in [-0.4, -0.2) is 9.97 Å². The van der Waals surface area contributed by atoms with Crippen molar-refractivity contribution in [2.45, 2.75) is 52.4 Å². The predicted octanol–water partition coefficient (Wildman–Crippen LogP) is 9.04. The van der Waals surface area contributed by atoms with Gasteiger partial charge in [0.25, 0.3) is 0 Å². The Labute approximate surface area is 202 Å². The second-order valence-electron chi connectivity index (χ2n) is 10.2. The standard InChI is InChI=1S/C15H15NS.C13H14BrN/c1-15(2,3)11-8-9-16-14-13(11)10-6-4-5-7-12(10)17-14;1-13(2,3)11-6-7-15-12-5-4-9(14)8-10(11)12/h4-9H,1-3H3;4-8H,1-3H3. The van der Waals surface area contributed by atoms with Gasteiger partial charge in [0.15, 0.2) is 0 Å². The van der Waals surface area contributed by atoms with Crippen LogP contribution < -0.4 is 0 Å². The lowest BCUT2D eigenvalue weighted by Gasteiger charge is -2.20. The summed E-state index contributed by atoms with van der Waals surface area (Å²) in [5.41, 5.74) is 4.10. The molecule has 5 rings (SSSR count). The minimum atomic E-state index is 0.155. The van der Waals surface area contributed by atoms with E-state index in [9.17, 15) is 0 Å². The molecule has 0 N–H and O–H groups in total. The summed E-state index contributed by atoms with van der Waals surface area (Å²) >= 11 is 5.29. The van der Waals surface area contributed by atoms with Crippen LogP contribution in [0.2, 0.25) is 0 Å². The predicted molar refractivity (Wildman–Crippen MR) is 144 cm³/mol. The Morgan fingerprint density at radius 3 is 2.09 bits per heavy atom. The highest BCUT2D eigenvalue weighted by molar-refractivity contribution is 9.10. The zero-order valence-corrected chi connectivity index (χ0v) is 21.9. The molecular weight excluding hydrogens is 476 g/mol. The average molecular weight is 506 g/mol. The zero-order valence-electron chi connectivity index (χ0n) is 19.5. The van der Waals surface area contributed by atoms with Gasteiger partial charge in [0, 0.05) is 37.7 Å². The minimum Gasteiger partial charge on any atom is -0.256 e. The van der Waals surface area contributed by atoms with E-state index in [2.05, 4.69) is 116 Å². The van der Waals surface area contributed by atoms with Crippen LogP contribution in [0.15, 0.2) is 71.5 Å². The largest absolute Gasteiger partial charge is 0.256 e. The van der Waals surface area contributed by atoms with E-state index in [0.717, 1.165) is 14.8 Å². The number of aromatic nitrogens is 2. The van der Waals surface area contributed by atoms with Crippen molar-refractivity contribution in [3.63, 3.8) is 0 Å². The Hall–Kier alpha value is -2.30. The van der Waals surface area contributed by atoms with Crippen LogP contribution in [0.3, 0.4) is 0 Å². The molecule has 0 bridgehead atoms. The summed E-state index contributed by atoms with van der Waals surface area (Å²) in [4.78, 5) is 10.0. The number of thiophene rings is 1. The Kier molecular flexibility index (Phi) is 6.12. The van der Waals surface area contributed by atoms with Crippen LogP contribution >= 0.6 is 27.3 Å². The third-order valence-electron chi connectivity index (χ3n) is 5.60. The van der Waals surface area contributed by atoms with E-state index in [0.29, 0.717) is 0 Å². The fourth-order valence-corrected chi connectivity index (χ4v) is 5.48. The third kappa shape index (κ3) is 4.57. The molecule has 32 heavy (non-hydrogen) atoms. The maximum atomic E-state index is 4.51. The van der Waals surface area contributed by atoms with Gasteiger partial charge in [0.05, 0.1) is 5.52 Å². The molecule has 0 radical (unpaired) electrons. The fourth-order valence-electron chi connectivity index (χ4n) is 4.04. The molecule has 4 heteroatoms. The van der Waals surface area contributed by atoms with Crippen LogP contribution in [-0.2, 0) is 10.8 Å². The lowest BCUT2D eigenvalue weighted by molar-refractivity contribution is 0.595. The van der Waals surface area contributed by atoms with Crippen molar-refractivity contribution in [2.24, 2.45) is 0 Å². The van der Waals surface area contributed by atoms with Crippen molar-refractivity contribution in [3.8, 4) is 0 Å². The number of nitrogens with zero attached hydrogens (tertiary/aromatic N) is 2. The van der Waals surface area contributed by atoms with Crippen molar-refractivity contribution in [1.29, 1.82) is 0 Å². The van der Waals surface area contributed by atoms with Crippen molar-refractivity contribution >= 4 is 58.5 Å². The number of benzene rings is 2. The Bertz CT molecular complexity index is 1400. The fraction of sp³-hybridized carbons (Fsp3) is 0.286. The maximum absolute atomic E-state index is 4.51. The molecule has 0 spiro atoms. The van der Waals surface area contributed by atoms with E-state index in [1.807, 2.05) is 18.5 Å². The van der Waals surface area contributed by atoms with Gasteiger partial charge < -0.3 is 0 Å². The van der Waals surface area contributed by atoms with Crippen LogP contribution in [0.1, 0.15) is 52.7 Å². The number of fused-ring (bicyclic) bond motifs is 4. The summed E-state index contributed by atoms with van der Waals surface area (Å²) in [7, 11) is 0. The topological polar surface area (TPSA) is 25.8 Å². The van der Waals surface area contributed by atoms with Gasteiger partial charge in [0.1, 0.15) is 4.83 Å². The lowest BCUT2D eigenvalue weighted by Crippen LogP contribution is -2.11. The number of halogens is 1. The smallest absolute Gasteiger partial charge is 0.124 e. The lowest BCUT2D eigenvalue weighted by atomic mass is 9.85. The molecule has 3 heterocycles. The first-order valence-electron chi connectivity index (χ1n) is 10.9. The molecule has 0 aliphatic rings. The molecule has 0 atom stereocenters. The quantitative estimate of drug-likeness (QED) is 0.210. The van der Waals surface area contributed by atoms with Gasteiger partial charge in [-0.3, -0.25) is 4.98 Å². The molecule has 0 saturated heterocycles. The van der Waals surface area contributed by atoms with Gasteiger partial charge in [-0.1, -0.05) is 75.7 Å². The Morgan fingerprint density at radius 1 is 0.719 bits per heavy atom. The number of pyridine rings is 2. The first-order valence-corrected chi connectivity index (χ1v) is 12.5. The number of rotatable bonds is 0. The first kappa shape index (κ1) is 22.9. The van der Waals surface area contributed by atoms with E-state index in [-0.39, 0.29) is 10.8 Å². The SMILES string of the molecule is CC(C)(C)c1ccnc2ccc(Br)cc12.CC(C)(C)c1ccnc2sc3ccccc3c12.